The van der Waals surface area contributed by atoms with E-state index >= 15 is 4.39 Å². The molecule has 0 radical (unpaired) electrons. The van der Waals surface area contributed by atoms with Crippen molar-refractivity contribution in [2.75, 3.05) is 12.9 Å². The van der Waals surface area contributed by atoms with Crippen LogP contribution in [0, 0.1) is 11.7 Å². The highest BCUT2D eigenvalue weighted by Gasteiger charge is 2.44. The summed E-state index contributed by atoms with van der Waals surface area (Å²) in [5.74, 6) is -1.65. The maximum atomic E-state index is 16.7. The van der Waals surface area contributed by atoms with Gasteiger partial charge in [-0.15, -0.1) is 0 Å². The lowest BCUT2D eigenvalue weighted by Gasteiger charge is -2.43. The Morgan fingerprint density at radius 1 is 1.17 bits per heavy atom. The Labute approximate surface area is 204 Å². The predicted molar refractivity (Wildman–Crippen MR) is 131 cm³/mol. The normalized spacial score (nSPS) is 18.5. The molecule has 1 unspecified atom stereocenters. The third-order valence-electron chi connectivity index (χ3n) is 6.51. The van der Waals surface area contributed by atoms with Crippen LogP contribution in [0.3, 0.4) is 0 Å². The molecule has 1 amide bonds. The largest absolute Gasteiger partial charge is 0.370 e. The van der Waals surface area contributed by atoms with Crippen molar-refractivity contribution >= 4 is 15.7 Å². The zero-order valence-electron chi connectivity index (χ0n) is 19.9. The third-order valence-corrected chi connectivity index (χ3v) is 7.63. The molecule has 184 valence electrons. The second-order valence-corrected chi connectivity index (χ2v) is 11.1. The summed E-state index contributed by atoms with van der Waals surface area (Å²) in [7, 11) is -3.55. The van der Waals surface area contributed by atoms with Crippen LogP contribution in [-0.4, -0.2) is 37.2 Å². The first-order valence-electron chi connectivity index (χ1n) is 11.4. The predicted octanol–water partition coefficient (Wildman–Crippen LogP) is 4.50. The maximum Gasteiger partial charge on any atom is 0.267 e. The molecule has 1 atom stereocenters. The van der Waals surface area contributed by atoms with Crippen molar-refractivity contribution in [3.05, 3.63) is 65.9 Å². The maximum absolute atomic E-state index is 16.7. The number of hydrogen-bond acceptors (Lipinski definition) is 6. The van der Waals surface area contributed by atoms with E-state index < -0.39 is 27.2 Å². The lowest BCUT2D eigenvalue weighted by molar-refractivity contribution is -0.116. The van der Waals surface area contributed by atoms with Gasteiger partial charge in [-0.3, -0.25) is 9.78 Å². The monoisotopic (exact) mass is 497 g/mol. The van der Waals surface area contributed by atoms with Gasteiger partial charge in [0.1, 0.15) is 11.4 Å². The molecule has 0 aliphatic carbocycles. The molecule has 9 heteroatoms. The lowest BCUT2D eigenvalue weighted by Crippen LogP contribution is -2.41. The molecule has 0 saturated carbocycles. The van der Waals surface area contributed by atoms with E-state index in [0.29, 0.717) is 18.6 Å². The Kier molecular flexibility index (Phi) is 6.75. The van der Waals surface area contributed by atoms with Crippen molar-refractivity contribution < 1.29 is 22.3 Å². The van der Waals surface area contributed by atoms with E-state index in [-0.39, 0.29) is 38.9 Å². The van der Waals surface area contributed by atoms with Gasteiger partial charge in [-0.2, -0.15) is 0 Å². The smallest absolute Gasteiger partial charge is 0.267 e. The fourth-order valence-corrected chi connectivity index (χ4v) is 5.42. The van der Waals surface area contributed by atoms with Gasteiger partial charge >= 0.3 is 0 Å². The molecule has 0 spiro atoms. The molecule has 4 rings (SSSR count). The van der Waals surface area contributed by atoms with Crippen LogP contribution in [0.15, 0.2) is 53.7 Å². The van der Waals surface area contributed by atoms with Gasteiger partial charge in [0.25, 0.3) is 5.91 Å². The molecule has 3 aromatic rings. The molecule has 7 nitrogen and oxygen atoms in total. The Morgan fingerprint density at radius 2 is 1.91 bits per heavy atom. The second-order valence-electron chi connectivity index (χ2n) is 9.13. The molecule has 2 aromatic heterocycles. The van der Waals surface area contributed by atoms with E-state index in [1.165, 1.54) is 24.4 Å². The summed E-state index contributed by atoms with van der Waals surface area (Å²) >= 11 is 0. The second kappa shape index (κ2) is 9.47. The van der Waals surface area contributed by atoms with Gasteiger partial charge in [0, 0.05) is 47.5 Å². The van der Waals surface area contributed by atoms with Crippen LogP contribution < -0.4 is 5.73 Å². The van der Waals surface area contributed by atoms with Crippen LogP contribution in [-0.2, 0) is 20.2 Å². The van der Waals surface area contributed by atoms with Crippen molar-refractivity contribution in [1.82, 2.24) is 9.97 Å². The summed E-state index contributed by atoms with van der Waals surface area (Å²) in [5, 5.41) is 0. The fraction of sp³-hybridized carbons (Fsp3) is 0.346. The van der Waals surface area contributed by atoms with Crippen molar-refractivity contribution in [2.45, 2.75) is 43.6 Å². The molecule has 1 saturated heterocycles. The van der Waals surface area contributed by atoms with E-state index in [1.54, 1.807) is 24.4 Å². The number of ether oxygens (including phenoxy) is 1. The zero-order valence-corrected chi connectivity index (χ0v) is 20.7. The van der Waals surface area contributed by atoms with Crippen LogP contribution in [0.2, 0.25) is 0 Å². The highest BCUT2D eigenvalue weighted by atomic mass is 32.2. The number of hydrogen-bond donors (Lipinski definition) is 1. The highest BCUT2D eigenvalue weighted by Crippen LogP contribution is 2.48. The molecular formula is C26H28FN3O4S. The summed E-state index contributed by atoms with van der Waals surface area (Å²) in [6.07, 6.45) is 6.39. The highest BCUT2D eigenvalue weighted by molar-refractivity contribution is 7.90. The first kappa shape index (κ1) is 24.9. The van der Waals surface area contributed by atoms with E-state index in [9.17, 15) is 13.2 Å². The summed E-state index contributed by atoms with van der Waals surface area (Å²) in [4.78, 5) is 21.2. The number of sulfone groups is 1. The number of nitrogens with two attached hydrogens (primary N) is 1. The number of pyridine rings is 2. The zero-order chi connectivity index (χ0) is 25.4. The van der Waals surface area contributed by atoms with E-state index in [1.807, 2.05) is 13.8 Å². The minimum Gasteiger partial charge on any atom is -0.370 e. The van der Waals surface area contributed by atoms with Crippen molar-refractivity contribution in [2.24, 2.45) is 11.7 Å². The van der Waals surface area contributed by atoms with Gasteiger partial charge in [0.2, 0.25) is 0 Å². The minimum atomic E-state index is -3.55. The van der Waals surface area contributed by atoms with E-state index in [0.717, 1.165) is 19.1 Å². The van der Waals surface area contributed by atoms with Gasteiger partial charge < -0.3 is 10.5 Å². The molecule has 1 aliphatic heterocycles. The van der Waals surface area contributed by atoms with Crippen LogP contribution in [0.1, 0.15) is 49.2 Å². The third kappa shape index (κ3) is 4.58. The number of halogens is 1. The van der Waals surface area contributed by atoms with Gasteiger partial charge in [0.15, 0.2) is 15.7 Å². The summed E-state index contributed by atoms with van der Waals surface area (Å²) in [6.45, 7) is 4.34. The average Bonchev–Trinajstić information content (AvgIpc) is 2.84. The van der Waals surface area contributed by atoms with Gasteiger partial charge in [-0.1, -0.05) is 32.0 Å². The molecule has 1 fully saturated rings. The number of amides is 1. The Balaban J connectivity index is 2.14. The number of rotatable bonds is 6. The SMILES string of the molecule is CC(C)C1(c2c(F)c(-c3cccc(S(C)(=O)=O)c3)nc(C(N)=O)c2-c2cccnc2)CCCCO1. The number of nitrogens with zero attached hydrogens (tertiary/aromatic N) is 2. The molecule has 3 heterocycles. The summed E-state index contributed by atoms with van der Waals surface area (Å²) < 4.78 is 47.3. The first-order valence-corrected chi connectivity index (χ1v) is 13.3. The van der Waals surface area contributed by atoms with Crippen LogP contribution in [0.25, 0.3) is 22.4 Å². The fourth-order valence-electron chi connectivity index (χ4n) is 4.75. The van der Waals surface area contributed by atoms with Gasteiger partial charge in [0.05, 0.1) is 10.5 Å². The molecule has 0 bridgehead atoms. The summed E-state index contributed by atoms with van der Waals surface area (Å²) in [5.41, 5.74) is 5.64. The number of carbonyl (C=O) groups is 1. The molecule has 1 aromatic carbocycles. The summed E-state index contributed by atoms with van der Waals surface area (Å²) in [6, 6.07) is 9.26. The quantitative estimate of drug-likeness (QED) is 0.536. The molecule has 2 N–H and O–H groups in total. The number of primary amides is 1. The number of aromatic nitrogens is 2. The Hall–Kier alpha value is -3.17. The van der Waals surface area contributed by atoms with Crippen molar-refractivity contribution in [3.8, 4) is 22.4 Å². The number of benzene rings is 1. The van der Waals surface area contributed by atoms with Crippen LogP contribution >= 0.6 is 0 Å². The van der Waals surface area contributed by atoms with Gasteiger partial charge in [-0.05, 0) is 43.4 Å². The Bertz CT molecular complexity index is 1370. The lowest BCUT2D eigenvalue weighted by atomic mass is 9.74. The Morgan fingerprint density at radius 3 is 2.49 bits per heavy atom. The molecule has 1 aliphatic rings. The minimum absolute atomic E-state index is 0.0159. The number of carbonyl (C=O) groups excluding carboxylic acids is 1. The van der Waals surface area contributed by atoms with Crippen molar-refractivity contribution in [3.63, 3.8) is 0 Å². The van der Waals surface area contributed by atoms with E-state index in [4.69, 9.17) is 10.5 Å². The standard InChI is InChI=1S/C26H28FN3O4S/c1-16(2)26(11-4-5-13-34-26)21-20(18-9-7-12-29-15-18)24(25(28)31)30-23(22(21)27)17-8-6-10-19(14-17)35(3,32)33/h6-10,12,14-16H,4-5,11,13H2,1-3H3,(H2,28,31). The molecular weight excluding hydrogens is 469 g/mol. The van der Waals surface area contributed by atoms with Crippen LogP contribution in [0.5, 0.6) is 0 Å². The van der Waals surface area contributed by atoms with Crippen molar-refractivity contribution in [1.29, 1.82) is 0 Å². The topological polar surface area (TPSA) is 112 Å². The average molecular weight is 498 g/mol. The van der Waals surface area contributed by atoms with E-state index in [2.05, 4.69) is 9.97 Å². The molecule has 35 heavy (non-hydrogen) atoms. The van der Waals surface area contributed by atoms with Gasteiger partial charge in [-0.25, -0.2) is 17.8 Å². The van der Waals surface area contributed by atoms with Crippen LogP contribution in [0.4, 0.5) is 4.39 Å². The first-order chi connectivity index (χ1) is 16.6.